The fourth-order valence-electron chi connectivity index (χ4n) is 3.07. The van der Waals surface area contributed by atoms with Gasteiger partial charge in [0.25, 0.3) is 0 Å². The molecule has 0 aliphatic carbocycles. The molecular formula is C21H16N2O2. The highest BCUT2D eigenvalue weighted by Crippen LogP contribution is 2.31. The van der Waals surface area contributed by atoms with Gasteiger partial charge in [0.15, 0.2) is 0 Å². The van der Waals surface area contributed by atoms with Gasteiger partial charge in [-0.25, -0.2) is 0 Å². The minimum Gasteiger partial charge on any atom is -0.497 e. The van der Waals surface area contributed by atoms with Gasteiger partial charge in [-0.1, -0.05) is 30.3 Å². The van der Waals surface area contributed by atoms with E-state index in [1.54, 1.807) is 13.2 Å². The van der Waals surface area contributed by atoms with Crippen LogP contribution in [-0.2, 0) is 6.54 Å². The molecule has 0 spiro atoms. The number of rotatable bonds is 4. The van der Waals surface area contributed by atoms with Crippen LogP contribution in [0.5, 0.6) is 5.75 Å². The van der Waals surface area contributed by atoms with Crippen LogP contribution in [0, 0.1) is 11.3 Å². The van der Waals surface area contributed by atoms with E-state index < -0.39 is 0 Å². The number of methoxy groups -OCH3 is 1. The molecule has 0 bridgehead atoms. The largest absolute Gasteiger partial charge is 0.497 e. The SMILES string of the molecule is COc1ccc2c(c1)cc(-c1ccccc1)n2Cc1ccc(C#N)o1. The standard InChI is InChI=1S/C21H16N2O2/c1-24-17-9-10-20-16(11-17)12-21(15-5-3-2-4-6-15)23(20)14-19-8-7-18(13-22)25-19/h2-12H,14H2,1H3. The lowest BCUT2D eigenvalue weighted by atomic mass is 10.1. The Balaban J connectivity index is 1.88. The van der Waals surface area contributed by atoms with Crippen molar-refractivity contribution in [1.82, 2.24) is 4.57 Å². The average Bonchev–Trinajstić information content (AvgIpc) is 3.27. The molecule has 0 aliphatic rings. The van der Waals surface area contributed by atoms with Crippen LogP contribution < -0.4 is 4.74 Å². The maximum absolute atomic E-state index is 8.97. The third kappa shape index (κ3) is 2.77. The molecule has 0 saturated heterocycles. The van der Waals surface area contributed by atoms with E-state index in [4.69, 9.17) is 14.4 Å². The molecule has 2 aromatic carbocycles. The van der Waals surface area contributed by atoms with Gasteiger partial charge in [-0.15, -0.1) is 0 Å². The van der Waals surface area contributed by atoms with Gasteiger partial charge in [0.05, 0.1) is 13.7 Å². The Hall–Kier alpha value is -3.45. The molecule has 0 unspecified atom stereocenters. The summed E-state index contributed by atoms with van der Waals surface area (Å²) in [5.74, 6) is 1.91. The van der Waals surface area contributed by atoms with Gasteiger partial charge in [0.1, 0.15) is 17.6 Å². The van der Waals surface area contributed by atoms with E-state index in [1.807, 2.05) is 42.5 Å². The topological polar surface area (TPSA) is 51.1 Å². The first-order chi connectivity index (χ1) is 12.3. The van der Waals surface area contributed by atoms with Crippen LogP contribution in [0.15, 0.2) is 71.1 Å². The van der Waals surface area contributed by atoms with Crippen LogP contribution in [0.3, 0.4) is 0 Å². The first-order valence-corrected chi connectivity index (χ1v) is 8.00. The Morgan fingerprint density at radius 1 is 1.04 bits per heavy atom. The number of fused-ring (bicyclic) bond motifs is 1. The summed E-state index contributed by atoms with van der Waals surface area (Å²) in [7, 11) is 1.67. The molecule has 0 fully saturated rings. The van der Waals surface area contributed by atoms with Gasteiger partial charge < -0.3 is 13.7 Å². The van der Waals surface area contributed by atoms with Crippen molar-refractivity contribution in [3.8, 4) is 23.1 Å². The summed E-state index contributed by atoms with van der Waals surface area (Å²) in [6.45, 7) is 0.557. The maximum Gasteiger partial charge on any atom is 0.203 e. The molecule has 0 saturated carbocycles. The van der Waals surface area contributed by atoms with Crippen molar-refractivity contribution < 1.29 is 9.15 Å². The first kappa shape index (κ1) is 15.1. The molecule has 0 amide bonds. The maximum atomic E-state index is 8.97. The second kappa shape index (κ2) is 6.21. The molecule has 0 N–H and O–H groups in total. The second-order valence-electron chi connectivity index (χ2n) is 5.78. The number of hydrogen-bond donors (Lipinski definition) is 0. The Bertz CT molecular complexity index is 1070. The van der Waals surface area contributed by atoms with Crippen molar-refractivity contribution >= 4 is 10.9 Å². The number of nitriles is 1. The van der Waals surface area contributed by atoms with Crippen LogP contribution in [-0.4, -0.2) is 11.7 Å². The lowest BCUT2D eigenvalue weighted by Crippen LogP contribution is -2.00. The molecule has 4 rings (SSSR count). The van der Waals surface area contributed by atoms with Crippen LogP contribution in [0.25, 0.3) is 22.2 Å². The highest BCUT2D eigenvalue weighted by Gasteiger charge is 2.13. The van der Waals surface area contributed by atoms with E-state index in [9.17, 15) is 0 Å². The van der Waals surface area contributed by atoms with Crippen LogP contribution in [0.4, 0.5) is 0 Å². The summed E-state index contributed by atoms with van der Waals surface area (Å²) in [4.78, 5) is 0. The quantitative estimate of drug-likeness (QED) is 0.539. The van der Waals surface area contributed by atoms with Crippen molar-refractivity contribution in [3.63, 3.8) is 0 Å². The molecule has 2 heterocycles. The predicted molar refractivity (Wildman–Crippen MR) is 96.5 cm³/mol. The number of hydrogen-bond acceptors (Lipinski definition) is 3. The third-order valence-corrected chi connectivity index (χ3v) is 4.26. The van der Waals surface area contributed by atoms with Crippen LogP contribution in [0.2, 0.25) is 0 Å². The van der Waals surface area contributed by atoms with Gasteiger partial charge in [0.2, 0.25) is 5.76 Å². The summed E-state index contributed by atoms with van der Waals surface area (Å²) in [5, 5.41) is 10.1. The lowest BCUT2D eigenvalue weighted by molar-refractivity contribution is 0.415. The summed E-state index contributed by atoms with van der Waals surface area (Å²) in [6, 6.07) is 24.0. The van der Waals surface area contributed by atoms with E-state index >= 15 is 0 Å². The van der Waals surface area contributed by atoms with Gasteiger partial charge >= 0.3 is 0 Å². The molecular weight excluding hydrogens is 312 g/mol. The summed E-state index contributed by atoms with van der Waals surface area (Å²) in [5.41, 5.74) is 3.32. The first-order valence-electron chi connectivity index (χ1n) is 8.00. The van der Waals surface area contributed by atoms with Crippen molar-refractivity contribution in [3.05, 3.63) is 78.3 Å². The van der Waals surface area contributed by atoms with Crippen molar-refractivity contribution in [1.29, 1.82) is 5.26 Å². The normalized spacial score (nSPS) is 10.7. The molecule has 4 heteroatoms. The third-order valence-electron chi connectivity index (χ3n) is 4.26. The van der Waals surface area contributed by atoms with E-state index in [1.165, 1.54) is 0 Å². The molecule has 0 aliphatic heterocycles. The van der Waals surface area contributed by atoms with Gasteiger partial charge in [-0.3, -0.25) is 0 Å². The minimum atomic E-state index is 0.328. The Labute approximate surface area is 145 Å². The second-order valence-corrected chi connectivity index (χ2v) is 5.78. The number of furan rings is 1. The van der Waals surface area contributed by atoms with Gasteiger partial charge in [-0.2, -0.15) is 5.26 Å². The molecule has 0 atom stereocenters. The highest BCUT2D eigenvalue weighted by atomic mass is 16.5. The summed E-state index contributed by atoms with van der Waals surface area (Å²) >= 11 is 0. The summed E-state index contributed by atoms with van der Waals surface area (Å²) < 4.78 is 13.1. The van der Waals surface area contributed by atoms with E-state index in [0.29, 0.717) is 12.3 Å². The zero-order valence-electron chi connectivity index (χ0n) is 13.8. The van der Waals surface area contributed by atoms with Crippen molar-refractivity contribution in [2.75, 3.05) is 7.11 Å². The number of ether oxygens (including phenoxy) is 1. The molecule has 2 aromatic heterocycles. The predicted octanol–water partition coefficient (Wildman–Crippen LogP) is 4.83. The van der Waals surface area contributed by atoms with Crippen LogP contribution in [0.1, 0.15) is 11.5 Å². The lowest BCUT2D eigenvalue weighted by Gasteiger charge is -2.10. The minimum absolute atomic E-state index is 0.328. The number of aromatic nitrogens is 1. The molecule has 0 radical (unpaired) electrons. The summed E-state index contributed by atoms with van der Waals surface area (Å²) in [6.07, 6.45) is 0. The fourth-order valence-corrected chi connectivity index (χ4v) is 3.07. The molecule has 4 nitrogen and oxygen atoms in total. The van der Waals surface area contributed by atoms with Crippen molar-refractivity contribution in [2.45, 2.75) is 6.54 Å². The Morgan fingerprint density at radius 3 is 2.60 bits per heavy atom. The zero-order chi connectivity index (χ0) is 17.2. The van der Waals surface area contributed by atoms with Gasteiger partial charge in [-0.05, 0) is 42.0 Å². The van der Waals surface area contributed by atoms with Crippen LogP contribution >= 0.6 is 0 Å². The highest BCUT2D eigenvalue weighted by molar-refractivity contribution is 5.88. The van der Waals surface area contributed by atoms with E-state index in [0.717, 1.165) is 33.7 Å². The number of benzene rings is 2. The zero-order valence-corrected chi connectivity index (χ0v) is 13.8. The van der Waals surface area contributed by atoms with Gasteiger partial charge in [0, 0.05) is 16.6 Å². The van der Waals surface area contributed by atoms with E-state index in [2.05, 4.69) is 28.8 Å². The monoisotopic (exact) mass is 328 g/mol. The van der Waals surface area contributed by atoms with E-state index in [-0.39, 0.29) is 0 Å². The Kier molecular flexibility index (Phi) is 3.75. The molecule has 122 valence electrons. The smallest absolute Gasteiger partial charge is 0.203 e. The fraction of sp³-hybridized carbons (Fsp3) is 0.0952. The molecule has 4 aromatic rings. The number of nitrogens with zero attached hydrogens (tertiary/aromatic N) is 2. The average molecular weight is 328 g/mol. The molecule has 25 heavy (non-hydrogen) atoms. The Morgan fingerprint density at radius 2 is 1.88 bits per heavy atom. The van der Waals surface area contributed by atoms with Crippen molar-refractivity contribution in [2.24, 2.45) is 0 Å².